The molecule has 156 valence electrons. The first-order valence-electron chi connectivity index (χ1n) is 9.13. The van der Waals surface area contributed by atoms with Gasteiger partial charge in [0, 0.05) is 27.4 Å². The normalized spacial score (nSPS) is 11.5. The smallest absolute Gasteiger partial charge is 0.315 e. The fourth-order valence-electron chi connectivity index (χ4n) is 3.25. The molecule has 9 heteroatoms. The quantitative estimate of drug-likeness (QED) is 0.187. The van der Waals surface area contributed by atoms with Crippen molar-refractivity contribution in [2.45, 2.75) is 13.8 Å². The van der Waals surface area contributed by atoms with Gasteiger partial charge in [-0.05, 0) is 55.8 Å². The molecule has 0 bridgehead atoms. The van der Waals surface area contributed by atoms with Crippen molar-refractivity contribution in [3.8, 4) is 17.2 Å². The highest BCUT2D eigenvalue weighted by Gasteiger charge is 2.25. The highest BCUT2D eigenvalue weighted by molar-refractivity contribution is 9.10. The summed E-state index contributed by atoms with van der Waals surface area (Å²) in [5, 5.41) is 22.0. The van der Waals surface area contributed by atoms with Crippen LogP contribution in [0.1, 0.15) is 16.7 Å². The number of phenolic OH excluding ortho intramolecular Hbond substituents is 1. The topological polar surface area (TPSA) is 102 Å². The van der Waals surface area contributed by atoms with Crippen molar-refractivity contribution in [2.75, 3.05) is 0 Å². The Kier molecular flexibility index (Phi) is 5.51. The Morgan fingerprint density at radius 2 is 2.00 bits per heavy atom. The zero-order valence-corrected chi connectivity index (χ0v) is 18.7. The van der Waals surface area contributed by atoms with Gasteiger partial charge >= 0.3 is 5.69 Å². The summed E-state index contributed by atoms with van der Waals surface area (Å²) in [7, 11) is 0. The van der Waals surface area contributed by atoms with E-state index in [0.29, 0.717) is 28.2 Å². The molecule has 0 atom stereocenters. The van der Waals surface area contributed by atoms with E-state index in [2.05, 4.69) is 25.9 Å². The molecule has 7 nitrogen and oxygen atoms in total. The molecule has 1 aromatic heterocycles. The first kappa shape index (κ1) is 21.0. The molecule has 0 saturated carbocycles. The van der Waals surface area contributed by atoms with E-state index in [1.807, 2.05) is 24.3 Å². The average molecular weight is 501 g/mol. The number of rotatable bonds is 4. The molecule has 0 fully saturated rings. The van der Waals surface area contributed by atoms with Crippen molar-refractivity contribution in [3.05, 3.63) is 78.8 Å². The van der Waals surface area contributed by atoms with Crippen molar-refractivity contribution >= 4 is 56.2 Å². The lowest BCUT2D eigenvalue weighted by Crippen LogP contribution is -1.99. The molecule has 0 spiro atoms. The number of nitro benzene ring substituents is 1. The minimum absolute atomic E-state index is 0.192. The number of halogens is 2. The summed E-state index contributed by atoms with van der Waals surface area (Å²) in [6, 6.07) is 12.8. The zero-order valence-electron chi connectivity index (χ0n) is 16.4. The van der Waals surface area contributed by atoms with E-state index in [0.717, 1.165) is 10.0 Å². The van der Waals surface area contributed by atoms with E-state index in [1.54, 1.807) is 25.1 Å². The number of oxazole rings is 1. The molecule has 31 heavy (non-hydrogen) atoms. The summed E-state index contributed by atoms with van der Waals surface area (Å²) in [4.78, 5) is 19.6. The van der Waals surface area contributed by atoms with Crippen LogP contribution in [-0.2, 0) is 0 Å². The van der Waals surface area contributed by atoms with Gasteiger partial charge in [-0.3, -0.25) is 15.1 Å². The fourth-order valence-corrected chi connectivity index (χ4v) is 3.84. The van der Waals surface area contributed by atoms with Crippen molar-refractivity contribution in [3.63, 3.8) is 0 Å². The molecular formula is C22H15BrClN3O4. The number of aromatic hydroxyl groups is 1. The Hall–Kier alpha value is -3.23. The number of hydrogen-bond donors (Lipinski definition) is 1. The lowest BCUT2D eigenvalue weighted by Gasteiger charge is -2.10. The molecule has 0 saturated heterocycles. The van der Waals surface area contributed by atoms with Crippen LogP contribution in [0.2, 0.25) is 5.02 Å². The van der Waals surface area contributed by atoms with Gasteiger partial charge in [0.25, 0.3) is 0 Å². The van der Waals surface area contributed by atoms with E-state index in [9.17, 15) is 15.2 Å². The van der Waals surface area contributed by atoms with Gasteiger partial charge in [0.1, 0.15) is 5.52 Å². The van der Waals surface area contributed by atoms with Gasteiger partial charge in [0.2, 0.25) is 11.6 Å². The first-order valence-corrected chi connectivity index (χ1v) is 10.3. The Balaban J connectivity index is 1.73. The highest BCUT2D eigenvalue weighted by atomic mass is 79.9. The summed E-state index contributed by atoms with van der Waals surface area (Å²) < 4.78 is 6.74. The third-order valence-electron chi connectivity index (χ3n) is 4.87. The lowest BCUT2D eigenvalue weighted by molar-refractivity contribution is -0.386. The second-order valence-electron chi connectivity index (χ2n) is 6.87. The van der Waals surface area contributed by atoms with Crippen LogP contribution in [0, 0.1) is 24.0 Å². The third-order valence-corrected chi connectivity index (χ3v) is 5.93. The molecule has 1 heterocycles. The Morgan fingerprint density at radius 1 is 1.23 bits per heavy atom. The molecule has 0 unspecified atom stereocenters. The van der Waals surface area contributed by atoms with Gasteiger partial charge < -0.3 is 9.52 Å². The van der Waals surface area contributed by atoms with Crippen LogP contribution in [0.15, 0.2) is 56.3 Å². The van der Waals surface area contributed by atoms with E-state index in [1.165, 1.54) is 13.1 Å². The molecule has 4 aromatic rings. The van der Waals surface area contributed by atoms with Crippen LogP contribution >= 0.6 is 27.5 Å². The van der Waals surface area contributed by atoms with Gasteiger partial charge in [-0.15, -0.1) is 0 Å². The van der Waals surface area contributed by atoms with Gasteiger partial charge in [0.15, 0.2) is 5.58 Å². The Labute approximate surface area is 190 Å². The predicted molar refractivity (Wildman–Crippen MR) is 124 cm³/mol. The number of hydrogen-bond acceptors (Lipinski definition) is 6. The maximum Gasteiger partial charge on any atom is 0.315 e. The maximum atomic E-state index is 11.3. The maximum absolute atomic E-state index is 11.3. The van der Waals surface area contributed by atoms with Crippen molar-refractivity contribution in [1.82, 2.24) is 4.98 Å². The molecule has 0 aliphatic rings. The zero-order chi connectivity index (χ0) is 22.3. The number of phenols is 1. The second-order valence-corrected chi connectivity index (χ2v) is 8.17. The highest BCUT2D eigenvalue weighted by Crippen LogP contribution is 2.40. The average Bonchev–Trinajstić information content (AvgIpc) is 3.15. The van der Waals surface area contributed by atoms with E-state index in [-0.39, 0.29) is 16.1 Å². The number of aromatic nitrogens is 1. The lowest BCUT2D eigenvalue weighted by atomic mass is 10.0. The van der Waals surface area contributed by atoms with Gasteiger partial charge in [-0.25, -0.2) is 4.98 Å². The SMILES string of the molecule is Cc1c(Cl)c(C)c([N+](=O)[O-])c(O)c1C=Nc1ccc2oc(-c3cccc(Br)c3)nc2c1. The monoisotopic (exact) mass is 499 g/mol. The summed E-state index contributed by atoms with van der Waals surface area (Å²) in [6.07, 6.45) is 1.36. The van der Waals surface area contributed by atoms with Crippen LogP contribution < -0.4 is 0 Å². The second kappa shape index (κ2) is 8.13. The molecule has 1 N–H and O–H groups in total. The number of aliphatic imine (C=N–C) groups is 1. The molecular weight excluding hydrogens is 486 g/mol. The van der Waals surface area contributed by atoms with E-state index < -0.39 is 16.4 Å². The number of fused-ring (bicyclic) bond motifs is 1. The molecule has 0 radical (unpaired) electrons. The number of nitro groups is 1. The first-order chi connectivity index (χ1) is 14.8. The van der Waals surface area contributed by atoms with E-state index >= 15 is 0 Å². The van der Waals surface area contributed by atoms with Crippen LogP contribution in [0.3, 0.4) is 0 Å². The largest absolute Gasteiger partial charge is 0.502 e. The minimum Gasteiger partial charge on any atom is -0.502 e. The molecule has 0 aliphatic heterocycles. The summed E-state index contributed by atoms with van der Waals surface area (Å²) in [6.45, 7) is 3.17. The van der Waals surface area contributed by atoms with E-state index in [4.69, 9.17) is 16.0 Å². The molecule has 0 amide bonds. The Morgan fingerprint density at radius 3 is 2.71 bits per heavy atom. The van der Waals surface area contributed by atoms with Gasteiger partial charge in [0.05, 0.1) is 15.6 Å². The summed E-state index contributed by atoms with van der Waals surface area (Å²) >= 11 is 9.67. The standard InChI is InChI=1S/C22H15BrClN3O4/c1-11-16(21(28)20(27(29)30)12(2)19(11)24)10-25-15-6-7-18-17(9-15)26-22(31-18)13-4-3-5-14(23)8-13/h3-10,28H,1-2H3. The third kappa shape index (κ3) is 3.92. The molecule has 4 rings (SSSR count). The number of nitrogens with zero attached hydrogens (tertiary/aromatic N) is 3. The van der Waals surface area contributed by atoms with Crippen molar-refractivity contribution in [2.24, 2.45) is 4.99 Å². The van der Waals surface area contributed by atoms with Crippen LogP contribution in [0.5, 0.6) is 5.75 Å². The van der Waals surface area contributed by atoms with Crippen molar-refractivity contribution < 1.29 is 14.4 Å². The molecule has 3 aromatic carbocycles. The summed E-state index contributed by atoms with van der Waals surface area (Å²) in [5.41, 5.74) is 3.06. The van der Waals surface area contributed by atoms with Crippen LogP contribution in [0.25, 0.3) is 22.6 Å². The minimum atomic E-state index is -0.655. The summed E-state index contributed by atoms with van der Waals surface area (Å²) in [5.74, 6) is 0.0134. The van der Waals surface area contributed by atoms with Crippen LogP contribution in [-0.4, -0.2) is 21.2 Å². The fraction of sp³-hybridized carbons (Fsp3) is 0.0909. The van der Waals surface area contributed by atoms with Gasteiger partial charge in [-0.1, -0.05) is 33.6 Å². The molecule has 0 aliphatic carbocycles. The van der Waals surface area contributed by atoms with Gasteiger partial charge in [-0.2, -0.15) is 0 Å². The van der Waals surface area contributed by atoms with Crippen molar-refractivity contribution in [1.29, 1.82) is 0 Å². The van der Waals surface area contributed by atoms with Crippen LogP contribution in [0.4, 0.5) is 11.4 Å². The predicted octanol–water partition coefficient (Wildman–Crippen LogP) is 6.89. The Bertz CT molecular complexity index is 1380. The number of benzene rings is 3.